The van der Waals surface area contributed by atoms with Crippen LogP contribution in [0.25, 0.3) is 0 Å². The topological polar surface area (TPSA) is 482 Å². The van der Waals surface area contributed by atoms with Gasteiger partial charge in [-0.05, 0) is 122 Å². The van der Waals surface area contributed by atoms with E-state index in [4.69, 9.17) is 111 Å². The van der Waals surface area contributed by atoms with Crippen molar-refractivity contribution in [3.8, 4) is 0 Å². The van der Waals surface area contributed by atoms with Crippen LogP contribution < -0.4 is 20.9 Å². The van der Waals surface area contributed by atoms with Gasteiger partial charge in [-0.2, -0.15) is 0 Å². The molecule has 2 aromatic heterocycles. The molecule has 518 valence electrons. The number of aliphatic hydroxyl groups is 1. The minimum absolute atomic E-state index is 0.0667. The molecule has 0 unspecified atom stereocenters. The van der Waals surface area contributed by atoms with Crippen molar-refractivity contribution in [2.75, 3.05) is 48.8 Å². The molecular formula is C54H67Cl5N4O28S2. The summed E-state index contributed by atoms with van der Waals surface area (Å²) in [6.45, 7) is 12.6. The third-order valence-corrected chi connectivity index (χ3v) is 13.6. The molecule has 0 saturated heterocycles. The number of carboxylic acids is 1. The molecule has 0 radical (unpaired) electrons. The average molecular weight is 1460 g/mol. The normalized spacial score (nSPS) is 12.5. The van der Waals surface area contributed by atoms with Crippen molar-refractivity contribution in [2.45, 2.75) is 122 Å². The quantitative estimate of drug-likeness (QED) is 0.0185. The number of esters is 9. The second kappa shape index (κ2) is 43.2. The predicted octanol–water partition coefficient (Wildman–Crippen LogP) is 5.17. The summed E-state index contributed by atoms with van der Waals surface area (Å²) in [6.07, 6.45) is -4.10. The molecule has 6 atom stereocenters. The van der Waals surface area contributed by atoms with Gasteiger partial charge in [0.2, 0.25) is 25.3 Å². The molecule has 32 nitrogen and oxygen atoms in total. The fraction of sp³-hybridized carbons (Fsp3) is 0.426. The monoisotopic (exact) mass is 1460 g/mol. The van der Waals surface area contributed by atoms with Crippen molar-refractivity contribution in [1.82, 2.24) is 0 Å². The van der Waals surface area contributed by atoms with Gasteiger partial charge in [-0.25, -0.2) is 70.3 Å². The molecule has 4 aromatic rings. The Kier molecular flexibility index (Phi) is 39.5. The number of anilines is 2. The number of hydrogen-bond donors (Lipinski definition) is 6. The number of furan rings is 2. The molecule has 39 heteroatoms. The van der Waals surface area contributed by atoms with Gasteiger partial charge in [0, 0.05) is 0 Å². The smallest absolute Gasteiger partial charge is 0.347 e. The average Bonchev–Trinajstić information content (AvgIpc) is 0.942. The number of hydrogen-bond acceptors (Lipinski definition) is 29. The number of primary sulfonamides is 2. The standard InChI is InChI=1S/C22H25ClN2O11S.C12H11ClN2O5S.C10H15ClO6.C8H14O5.C2H2Cl2O/c1-4-32-20(27)12(2)36-21(28)13(3)35-19(26)11-34-22(29)15-8-18(37(24,30)31)16(23)9-17(15)25-10-14-6-5-7-33-14;13-9-5-10(15-6-7-2-1-3-20-7)8(12(16)17)4-11(9)21(14,18)19;1-4-15-9(13)6(2)17-10(14)7(3)16-8(12)5-11;1-4-12-8(11)6(3)13-7(10)5(2)9;3-1-2(4)5/h5-9,12-13,25H,4,10-11H2,1-3H3,(H2,24,30,31);1-5,15H,6H2,(H,16,17)(H2,14,18,19);6-7H,4-5H2,1-3H3;5-6,9H,4H2,1-3H3;1H2/t12-,13-;;6-,7-;5-,6-;/m0.00./s1. The maximum atomic E-state index is 12.7. The van der Waals surface area contributed by atoms with Gasteiger partial charge >= 0.3 is 59.7 Å². The van der Waals surface area contributed by atoms with Crippen LogP contribution in [0.4, 0.5) is 11.4 Å². The fourth-order valence-corrected chi connectivity index (χ4v) is 8.13. The lowest BCUT2D eigenvalue weighted by Crippen LogP contribution is -2.34. The Bertz CT molecular complexity index is 3390. The molecule has 0 amide bonds. The Morgan fingerprint density at radius 1 is 0.527 bits per heavy atom. The SMILES string of the molecule is CCOC(=O)[C@H](C)OC(=O)[C@H](C)O.CCOC(=O)[C@H](C)OC(=O)[C@H](C)OC(=O)CCl.CCOC(=O)[C@H](C)OC(=O)[C@H](C)OC(=O)COC(=O)c1cc(S(N)(=O)=O)c(Cl)cc1NCc1ccco1.NS(=O)(=O)c1cc(C(=O)O)c(NCc2ccco2)cc1Cl.O=C(Cl)CCl. The number of aliphatic hydroxyl groups excluding tert-OH is 1. The van der Waals surface area contributed by atoms with Crippen molar-refractivity contribution >= 4 is 154 Å². The molecule has 2 heterocycles. The first kappa shape index (κ1) is 85.2. The zero-order valence-electron chi connectivity index (χ0n) is 50.8. The summed E-state index contributed by atoms with van der Waals surface area (Å²) in [6, 6.07) is 10.9. The van der Waals surface area contributed by atoms with Crippen molar-refractivity contribution in [3.05, 3.63) is 93.7 Å². The van der Waals surface area contributed by atoms with Crippen molar-refractivity contribution < 1.29 is 131 Å². The lowest BCUT2D eigenvalue weighted by atomic mass is 10.1. The molecule has 0 saturated carbocycles. The van der Waals surface area contributed by atoms with Gasteiger partial charge in [0.1, 0.15) is 33.3 Å². The summed E-state index contributed by atoms with van der Waals surface area (Å²) in [5.74, 6) is -8.39. The number of rotatable bonds is 28. The summed E-state index contributed by atoms with van der Waals surface area (Å²) in [7, 11) is -8.41. The van der Waals surface area contributed by atoms with Crippen LogP contribution in [0.1, 0.15) is 94.6 Å². The number of aromatic carboxylic acids is 1. The Balaban J connectivity index is 0.00000128. The second-order valence-corrected chi connectivity index (χ2v) is 22.4. The zero-order chi connectivity index (χ0) is 71.5. The third kappa shape index (κ3) is 33.6. The maximum absolute atomic E-state index is 12.7. The molecule has 93 heavy (non-hydrogen) atoms. The first-order valence-electron chi connectivity index (χ1n) is 26.4. The molecular weight excluding hydrogens is 1390 g/mol. The molecule has 0 aliphatic rings. The number of nitrogens with two attached hydrogens (primary N) is 2. The number of halogens is 5. The lowest BCUT2D eigenvalue weighted by Gasteiger charge is -2.16. The van der Waals surface area contributed by atoms with Crippen molar-refractivity contribution in [3.63, 3.8) is 0 Å². The summed E-state index contributed by atoms with van der Waals surface area (Å²) in [5, 5.41) is 32.8. The van der Waals surface area contributed by atoms with Gasteiger partial charge in [-0.3, -0.25) is 9.59 Å². The van der Waals surface area contributed by atoms with E-state index in [0.717, 1.165) is 18.2 Å². The van der Waals surface area contributed by atoms with Gasteiger partial charge in [0.05, 0.1) is 83.9 Å². The van der Waals surface area contributed by atoms with E-state index in [1.807, 2.05) is 0 Å². The van der Waals surface area contributed by atoms with E-state index in [2.05, 4.69) is 29.6 Å². The summed E-state index contributed by atoms with van der Waals surface area (Å²) >= 11 is 26.6. The first-order valence-corrected chi connectivity index (χ1v) is 31.7. The van der Waals surface area contributed by atoms with Crippen LogP contribution in [-0.4, -0.2) is 167 Å². The van der Waals surface area contributed by atoms with E-state index >= 15 is 0 Å². The fourth-order valence-electron chi connectivity index (χ4n) is 5.87. The van der Waals surface area contributed by atoms with Gasteiger partial charge < -0.3 is 72.3 Å². The summed E-state index contributed by atoms with van der Waals surface area (Å²) in [4.78, 5) is 123. The molecule has 0 aliphatic carbocycles. The van der Waals surface area contributed by atoms with Crippen LogP contribution in [0.5, 0.6) is 0 Å². The van der Waals surface area contributed by atoms with E-state index in [0.29, 0.717) is 11.5 Å². The van der Waals surface area contributed by atoms with E-state index in [1.54, 1.807) is 45.0 Å². The number of alkyl halides is 2. The van der Waals surface area contributed by atoms with Gasteiger partial charge in [0.15, 0.2) is 37.1 Å². The van der Waals surface area contributed by atoms with Gasteiger partial charge in [-0.1, -0.05) is 23.2 Å². The van der Waals surface area contributed by atoms with Crippen molar-refractivity contribution in [2.24, 2.45) is 10.3 Å². The molecule has 8 N–H and O–H groups in total. The minimum atomic E-state index is -4.30. The number of benzene rings is 2. The summed E-state index contributed by atoms with van der Waals surface area (Å²) < 4.78 is 99.2. The first-order chi connectivity index (χ1) is 43.3. The maximum Gasteiger partial charge on any atom is 0.347 e. The molecule has 0 fully saturated rings. The Hall–Kier alpha value is -7.80. The lowest BCUT2D eigenvalue weighted by molar-refractivity contribution is -0.177. The Labute approximate surface area is 557 Å². The number of ether oxygens (including phenoxy) is 9. The van der Waals surface area contributed by atoms with E-state index < -0.39 is 138 Å². The van der Waals surface area contributed by atoms with Crippen LogP contribution >= 0.6 is 58.0 Å². The number of nitrogens with one attached hydrogen (secondary N) is 2. The molecule has 0 spiro atoms. The van der Waals surface area contributed by atoms with Crippen LogP contribution in [0.15, 0.2) is 79.7 Å². The highest BCUT2D eigenvalue weighted by Crippen LogP contribution is 2.31. The summed E-state index contributed by atoms with van der Waals surface area (Å²) in [5.41, 5.74) is -0.327. The molecule has 2 aromatic carbocycles. The highest BCUT2D eigenvalue weighted by molar-refractivity contribution is 7.89. The number of carbonyl (C=O) groups is 11. The predicted molar refractivity (Wildman–Crippen MR) is 327 cm³/mol. The highest BCUT2D eigenvalue weighted by Gasteiger charge is 2.29. The zero-order valence-corrected chi connectivity index (χ0v) is 56.2. The number of carboxylic acid groups (broad SMARTS) is 1. The minimum Gasteiger partial charge on any atom is -0.478 e. The van der Waals surface area contributed by atoms with Crippen LogP contribution in [0, 0.1) is 0 Å². The largest absolute Gasteiger partial charge is 0.478 e. The third-order valence-electron chi connectivity index (χ3n) is 10.2. The number of sulfonamides is 2. The molecule has 0 bridgehead atoms. The second-order valence-electron chi connectivity index (χ2n) is 17.5. The van der Waals surface area contributed by atoms with Gasteiger partial charge in [-0.15, -0.1) is 23.2 Å². The van der Waals surface area contributed by atoms with Gasteiger partial charge in [0.25, 0.3) is 0 Å². The number of carbonyl (C=O) groups excluding carboxylic acids is 10. The Morgan fingerprint density at radius 3 is 1.18 bits per heavy atom. The van der Waals surface area contributed by atoms with E-state index in [9.17, 15) is 69.6 Å². The van der Waals surface area contributed by atoms with E-state index in [-0.39, 0.29) is 77.2 Å². The van der Waals surface area contributed by atoms with Crippen LogP contribution in [0.3, 0.4) is 0 Å². The van der Waals surface area contributed by atoms with Crippen molar-refractivity contribution in [1.29, 1.82) is 0 Å². The molecule has 4 rings (SSSR count). The molecule has 0 aliphatic heterocycles. The van der Waals surface area contributed by atoms with Crippen LogP contribution in [-0.2, 0) is 119 Å². The van der Waals surface area contributed by atoms with Crippen LogP contribution in [0.2, 0.25) is 10.0 Å². The highest BCUT2D eigenvalue weighted by atomic mass is 35.5. The Morgan fingerprint density at radius 2 is 0.871 bits per heavy atom. The van der Waals surface area contributed by atoms with E-state index in [1.165, 1.54) is 60.1 Å².